The van der Waals surface area contributed by atoms with Gasteiger partial charge in [0.2, 0.25) is 5.91 Å². The van der Waals surface area contributed by atoms with Gasteiger partial charge in [0, 0.05) is 36.7 Å². The van der Waals surface area contributed by atoms with E-state index in [1.807, 2.05) is 56.4 Å². The van der Waals surface area contributed by atoms with Gasteiger partial charge in [0.15, 0.2) is 16.3 Å². The topological polar surface area (TPSA) is 74.9 Å². The highest BCUT2D eigenvalue weighted by Crippen LogP contribution is 2.28. The number of aromatic amines is 1. The molecule has 1 aromatic heterocycles. The Morgan fingerprint density at radius 1 is 1.00 bits per heavy atom. The molecule has 0 unspecified atom stereocenters. The van der Waals surface area contributed by atoms with Crippen LogP contribution in [0.15, 0.2) is 48.7 Å². The summed E-state index contributed by atoms with van der Waals surface area (Å²) in [7, 11) is 3.15. The van der Waals surface area contributed by atoms with Crippen LogP contribution in [0.5, 0.6) is 11.5 Å². The summed E-state index contributed by atoms with van der Waals surface area (Å²) < 4.78 is 10.8. The Hall–Kier alpha value is -2.90. The van der Waals surface area contributed by atoms with Crippen LogP contribution in [0.25, 0.3) is 10.9 Å². The summed E-state index contributed by atoms with van der Waals surface area (Å²) in [5, 5.41) is 1.12. The zero-order valence-electron chi connectivity index (χ0n) is 21.1. The van der Waals surface area contributed by atoms with Gasteiger partial charge in [-0.3, -0.25) is 9.59 Å². The minimum Gasteiger partial charge on any atom is -0.493 e. The van der Waals surface area contributed by atoms with Crippen molar-refractivity contribution in [2.45, 2.75) is 31.6 Å². The van der Waals surface area contributed by atoms with Crippen LogP contribution in [0.2, 0.25) is 0 Å². The average Bonchev–Trinajstić information content (AvgIpc) is 3.28. The maximum Gasteiger partial charge on any atom is 0.256 e. The summed E-state index contributed by atoms with van der Waals surface area (Å²) in [4.78, 5) is 31.4. The van der Waals surface area contributed by atoms with Crippen molar-refractivity contribution < 1.29 is 19.1 Å². The molecule has 0 radical (unpaired) electrons. The molecule has 0 fully saturated rings. The number of nitrogens with one attached hydrogen (secondary N) is 1. The molecular weight excluding hydrogens is 501 g/mol. The number of ether oxygens (including phenoxy) is 2. The number of methoxy groups -OCH3 is 2. The van der Waals surface area contributed by atoms with Crippen LogP contribution in [0, 0.1) is 5.92 Å². The molecule has 0 spiro atoms. The lowest BCUT2D eigenvalue weighted by molar-refractivity contribution is -0.140. The van der Waals surface area contributed by atoms with E-state index in [9.17, 15) is 9.59 Å². The quantitative estimate of drug-likeness (QED) is 0.331. The average molecular weight is 534 g/mol. The van der Waals surface area contributed by atoms with Gasteiger partial charge in [-0.05, 0) is 41.7 Å². The number of aromatic nitrogens is 1. The number of carbonyl (C=O) groups is 2. The molecule has 0 aliphatic rings. The third kappa shape index (κ3) is 7.08. The maximum absolute atomic E-state index is 13.5. The first-order valence-corrected chi connectivity index (χ1v) is 12.7. The fourth-order valence-electron chi connectivity index (χ4n) is 4.16. The molecule has 1 heterocycles. The number of nitrogens with zero attached hydrogens (tertiary/aromatic N) is 2. The highest BCUT2D eigenvalue weighted by molar-refractivity contribution is 6.53. The molecule has 1 N–H and O–H groups in total. The number of fused-ring (bicyclic) bond motifs is 1. The van der Waals surface area contributed by atoms with E-state index < -0.39 is 10.7 Å². The van der Waals surface area contributed by atoms with Gasteiger partial charge < -0.3 is 24.3 Å². The third-order valence-electron chi connectivity index (χ3n) is 5.91. The number of halogens is 2. The molecule has 9 heteroatoms. The monoisotopic (exact) mass is 533 g/mol. The Kier molecular flexibility index (Phi) is 9.90. The van der Waals surface area contributed by atoms with Crippen molar-refractivity contribution in [1.82, 2.24) is 14.8 Å². The molecular formula is C27H33Cl2N3O4. The summed E-state index contributed by atoms with van der Waals surface area (Å²) in [6.45, 7) is 5.03. The summed E-state index contributed by atoms with van der Waals surface area (Å²) >= 11 is 11.7. The van der Waals surface area contributed by atoms with Crippen molar-refractivity contribution >= 4 is 45.9 Å². The van der Waals surface area contributed by atoms with Crippen molar-refractivity contribution in [3.8, 4) is 11.5 Å². The Bertz CT molecular complexity index is 1180. The molecule has 0 aliphatic carbocycles. The largest absolute Gasteiger partial charge is 0.493 e. The summed E-state index contributed by atoms with van der Waals surface area (Å²) in [6.07, 6.45) is 2.62. The molecule has 0 bridgehead atoms. The number of amides is 2. The van der Waals surface area contributed by atoms with Gasteiger partial charge in [-0.2, -0.15) is 0 Å². The molecule has 7 nitrogen and oxygen atoms in total. The van der Waals surface area contributed by atoms with Gasteiger partial charge in [-0.1, -0.05) is 61.3 Å². The predicted molar refractivity (Wildman–Crippen MR) is 144 cm³/mol. The van der Waals surface area contributed by atoms with Crippen molar-refractivity contribution in [2.75, 3.05) is 33.9 Å². The van der Waals surface area contributed by atoms with Crippen LogP contribution in [-0.4, -0.2) is 65.3 Å². The van der Waals surface area contributed by atoms with Crippen molar-refractivity contribution in [3.05, 3.63) is 59.8 Å². The standard InChI is InChI=1S/C27H33Cl2N3O4/c1-18(2)15-32(27(34)26(28)29)17-25(33)31(16-19-9-10-23(35-3)24(13-19)36-4)12-11-20-14-30-22-8-6-5-7-21(20)22/h5-10,13-14,18,26,30H,11-12,15-17H2,1-4H3. The maximum atomic E-state index is 13.5. The second-order valence-electron chi connectivity index (χ2n) is 9.03. The number of hydrogen-bond acceptors (Lipinski definition) is 4. The lowest BCUT2D eigenvalue weighted by Crippen LogP contribution is -2.46. The Morgan fingerprint density at radius 3 is 2.39 bits per heavy atom. The van der Waals surface area contributed by atoms with E-state index in [2.05, 4.69) is 11.1 Å². The van der Waals surface area contributed by atoms with Crippen LogP contribution in [0.3, 0.4) is 0 Å². The first-order valence-electron chi connectivity index (χ1n) is 11.8. The van der Waals surface area contributed by atoms with Crippen LogP contribution >= 0.6 is 23.2 Å². The minimum atomic E-state index is -1.22. The number of H-pyrrole nitrogens is 1. The Morgan fingerprint density at radius 2 is 1.72 bits per heavy atom. The Labute approximate surface area is 222 Å². The molecule has 0 aliphatic heterocycles. The normalized spacial score (nSPS) is 11.2. The first kappa shape index (κ1) is 27.7. The van der Waals surface area contributed by atoms with Gasteiger partial charge in [0.1, 0.15) is 0 Å². The Balaban J connectivity index is 1.85. The number of benzene rings is 2. The van der Waals surface area contributed by atoms with E-state index in [1.165, 1.54) is 4.90 Å². The molecule has 2 amide bonds. The fourth-order valence-corrected chi connectivity index (χ4v) is 4.44. The third-order valence-corrected chi connectivity index (χ3v) is 6.28. The number of rotatable bonds is 12. The molecule has 194 valence electrons. The first-order chi connectivity index (χ1) is 17.2. The number of hydrogen-bond donors (Lipinski definition) is 1. The fraction of sp³-hybridized carbons (Fsp3) is 0.407. The molecule has 0 saturated heterocycles. The van der Waals surface area contributed by atoms with Crippen LogP contribution in [-0.2, 0) is 22.6 Å². The zero-order valence-corrected chi connectivity index (χ0v) is 22.6. The van der Waals surface area contributed by atoms with Crippen molar-refractivity contribution in [2.24, 2.45) is 5.92 Å². The van der Waals surface area contributed by atoms with Gasteiger partial charge in [0.25, 0.3) is 5.91 Å². The van der Waals surface area contributed by atoms with Crippen molar-refractivity contribution in [3.63, 3.8) is 0 Å². The smallest absolute Gasteiger partial charge is 0.256 e. The summed E-state index contributed by atoms with van der Waals surface area (Å²) in [5.74, 6) is 0.694. The molecule has 0 saturated carbocycles. The lowest BCUT2D eigenvalue weighted by Gasteiger charge is -2.29. The van der Waals surface area contributed by atoms with Gasteiger partial charge in [-0.25, -0.2) is 0 Å². The molecule has 0 atom stereocenters. The number of para-hydroxylation sites is 1. The second-order valence-corrected chi connectivity index (χ2v) is 10.1. The van der Waals surface area contributed by atoms with E-state index in [4.69, 9.17) is 32.7 Å². The van der Waals surface area contributed by atoms with Gasteiger partial charge in [-0.15, -0.1) is 0 Å². The highest BCUT2D eigenvalue weighted by Gasteiger charge is 2.26. The zero-order chi connectivity index (χ0) is 26.2. The van der Waals surface area contributed by atoms with Crippen LogP contribution in [0.1, 0.15) is 25.0 Å². The van der Waals surface area contributed by atoms with Crippen molar-refractivity contribution in [1.29, 1.82) is 0 Å². The molecule has 3 aromatic rings. The lowest BCUT2D eigenvalue weighted by atomic mass is 10.1. The van der Waals surface area contributed by atoms with E-state index in [0.29, 0.717) is 37.6 Å². The van der Waals surface area contributed by atoms with Crippen LogP contribution in [0.4, 0.5) is 0 Å². The molecule has 3 rings (SSSR count). The molecule has 2 aromatic carbocycles. The van der Waals surface area contributed by atoms with Gasteiger partial charge >= 0.3 is 0 Å². The van der Waals surface area contributed by atoms with Crippen LogP contribution < -0.4 is 9.47 Å². The summed E-state index contributed by atoms with van der Waals surface area (Å²) in [6, 6.07) is 13.6. The highest BCUT2D eigenvalue weighted by atomic mass is 35.5. The number of carbonyl (C=O) groups excluding carboxylic acids is 2. The van der Waals surface area contributed by atoms with E-state index in [0.717, 1.165) is 22.0 Å². The predicted octanol–water partition coefficient (Wildman–Crippen LogP) is 5.04. The van der Waals surface area contributed by atoms with E-state index in [1.54, 1.807) is 19.1 Å². The minimum absolute atomic E-state index is 0.103. The van der Waals surface area contributed by atoms with E-state index >= 15 is 0 Å². The second kappa shape index (κ2) is 12.9. The molecule has 36 heavy (non-hydrogen) atoms. The van der Waals surface area contributed by atoms with Gasteiger partial charge in [0.05, 0.1) is 20.8 Å². The number of alkyl halides is 2. The van der Waals surface area contributed by atoms with E-state index in [-0.39, 0.29) is 18.4 Å². The SMILES string of the molecule is COc1ccc(CN(CCc2c[nH]c3ccccc23)C(=O)CN(CC(C)C)C(=O)C(Cl)Cl)cc1OC. The summed E-state index contributed by atoms with van der Waals surface area (Å²) in [5.41, 5.74) is 3.05.